The van der Waals surface area contributed by atoms with Crippen molar-refractivity contribution in [3.05, 3.63) is 33.8 Å². The molecule has 0 unspecified atom stereocenters. The lowest BCUT2D eigenvalue weighted by atomic mass is 10.0. The molecular weight excluding hydrogens is 465 g/mol. The number of carboxylic acids is 1. The van der Waals surface area contributed by atoms with Gasteiger partial charge in [-0.1, -0.05) is 43.1 Å². The summed E-state index contributed by atoms with van der Waals surface area (Å²) in [6, 6.07) is 2.17. The normalized spacial score (nSPS) is 13.5. The van der Waals surface area contributed by atoms with Crippen LogP contribution in [0, 0.1) is 11.3 Å². The van der Waals surface area contributed by atoms with Crippen molar-refractivity contribution in [2.45, 2.75) is 45.4 Å². The minimum absolute atomic E-state index is 0.242. The highest BCUT2D eigenvalue weighted by molar-refractivity contribution is 6.36. The Bertz CT molecular complexity index is 875. The topological polar surface area (TPSA) is 184 Å². The van der Waals surface area contributed by atoms with E-state index in [0.29, 0.717) is 5.56 Å². The van der Waals surface area contributed by atoms with Crippen LogP contribution in [0.15, 0.2) is 18.2 Å². The van der Waals surface area contributed by atoms with Gasteiger partial charge in [0.25, 0.3) is 0 Å². The number of nitrogens with one attached hydrogen (secondary N) is 4. The molecule has 1 rings (SSSR count). The lowest BCUT2D eigenvalue weighted by Gasteiger charge is -2.24. The number of rotatable bonds is 8. The van der Waals surface area contributed by atoms with E-state index in [-0.39, 0.29) is 22.4 Å². The zero-order valence-corrected chi connectivity index (χ0v) is 19.1. The van der Waals surface area contributed by atoms with Crippen LogP contribution < -0.4 is 21.7 Å². The Kier molecular flexibility index (Phi) is 10.4. The smallest absolute Gasteiger partial charge is 0.414 e. The number of aliphatic carboxylic acids is 1. The molecule has 1 aromatic rings. The minimum atomic E-state index is -1.58. The van der Waals surface area contributed by atoms with Crippen molar-refractivity contribution in [3.8, 4) is 0 Å². The Labute approximate surface area is 194 Å². The molecule has 0 spiro atoms. The van der Waals surface area contributed by atoms with Gasteiger partial charge in [-0.2, -0.15) is 0 Å². The van der Waals surface area contributed by atoms with Crippen molar-refractivity contribution in [1.82, 2.24) is 16.0 Å². The zero-order chi connectivity index (χ0) is 24.6. The molecule has 7 N–H and O–H groups in total. The maximum Gasteiger partial charge on any atom is 0.414 e. The molecule has 3 atom stereocenters. The Hall–Kier alpha value is -2.89. The fourth-order valence-corrected chi connectivity index (χ4v) is 2.91. The van der Waals surface area contributed by atoms with Crippen LogP contribution in [0.25, 0.3) is 0 Å². The summed E-state index contributed by atoms with van der Waals surface area (Å²) in [5.74, 6) is -3.81. The number of halogens is 2. The Morgan fingerprint density at radius 3 is 2.19 bits per heavy atom. The van der Waals surface area contributed by atoms with Crippen LogP contribution >= 0.6 is 23.2 Å². The first-order valence-corrected chi connectivity index (χ1v) is 10.2. The summed E-state index contributed by atoms with van der Waals surface area (Å²) in [6.07, 6.45) is -2.79. The number of alkyl carbamates (subject to hydrolysis) is 1. The number of hydrogen-bond acceptors (Lipinski definition) is 7. The van der Waals surface area contributed by atoms with Gasteiger partial charge >= 0.3 is 12.1 Å². The fourth-order valence-electron chi connectivity index (χ4n) is 2.38. The first kappa shape index (κ1) is 27.1. The van der Waals surface area contributed by atoms with Crippen LogP contribution in [0.2, 0.25) is 10.0 Å². The second kappa shape index (κ2) is 12.2. The van der Waals surface area contributed by atoms with Crippen molar-refractivity contribution in [1.29, 1.82) is 5.41 Å². The number of amides is 3. The van der Waals surface area contributed by atoms with E-state index in [0.717, 1.165) is 0 Å². The van der Waals surface area contributed by atoms with Gasteiger partial charge in [0.15, 0.2) is 6.04 Å². The monoisotopic (exact) mass is 489 g/mol. The predicted molar refractivity (Wildman–Crippen MR) is 117 cm³/mol. The predicted octanol–water partition coefficient (Wildman–Crippen LogP) is 1.25. The summed E-state index contributed by atoms with van der Waals surface area (Å²) in [6.45, 7) is 4.61. The van der Waals surface area contributed by atoms with Gasteiger partial charge in [-0.15, -0.1) is 0 Å². The summed E-state index contributed by atoms with van der Waals surface area (Å²) in [5.41, 5.74) is 6.03. The van der Waals surface area contributed by atoms with E-state index in [2.05, 4.69) is 10.6 Å². The number of benzene rings is 1. The van der Waals surface area contributed by atoms with E-state index in [4.69, 9.17) is 39.1 Å². The molecule has 0 saturated carbocycles. The average molecular weight is 490 g/mol. The molecule has 0 aliphatic rings. The van der Waals surface area contributed by atoms with Gasteiger partial charge in [-0.05, 0) is 30.5 Å². The lowest BCUT2D eigenvalue weighted by Crippen LogP contribution is -2.55. The van der Waals surface area contributed by atoms with E-state index in [1.54, 1.807) is 32.0 Å². The summed E-state index contributed by atoms with van der Waals surface area (Å²) < 4.78 is 4.90. The molecule has 0 fully saturated rings. The zero-order valence-electron chi connectivity index (χ0n) is 17.6. The number of hydrogen-bond donors (Lipinski definition) is 6. The number of ether oxygens (including phenoxy) is 1. The van der Waals surface area contributed by atoms with Crippen LogP contribution in [-0.4, -0.2) is 53.1 Å². The largest absolute Gasteiger partial charge is 0.480 e. The van der Waals surface area contributed by atoms with Gasteiger partial charge in [0.05, 0.1) is 12.5 Å². The van der Waals surface area contributed by atoms with E-state index in [1.807, 2.05) is 5.32 Å². The second-order valence-corrected chi connectivity index (χ2v) is 7.94. The number of nitrogens with two attached hydrogens (primary N) is 1. The number of carboxylic acid groups (broad SMARTS) is 1. The molecule has 0 heterocycles. The summed E-state index contributed by atoms with van der Waals surface area (Å²) in [4.78, 5) is 47.5. The van der Waals surface area contributed by atoms with Gasteiger partial charge in [-0.25, -0.2) is 9.59 Å². The van der Waals surface area contributed by atoms with Crippen molar-refractivity contribution < 1.29 is 29.0 Å². The molecule has 3 amide bonds. The van der Waals surface area contributed by atoms with Crippen LogP contribution in [0.5, 0.6) is 0 Å². The van der Waals surface area contributed by atoms with E-state index in [9.17, 15) is 24.3 Å². The number of carbonyl (C=O) groups excluding carboxylic acids is 3. The molecule has 0 aromatic heterocycles. The fraction of sp³-hybridized carbons (Fsp3) is 0.421. The molecule has 0 bridgehead atoms. The molecular formula is C19H25Cl2N5O6. The molecule has 0 radical (unpaired) electrons. The van der Waals surface area contributed by atoms with Gasteiger partial charge < -0.3 is 20.9 Å². The minimum Gasteiger partial charge on any atom is -0.480 e. The molecule has 1 aromatic carbocycles. The van der Waals surface area contributed by atoms with Crippen LogP contribution in [-0.2, 0) is 25.5 Å². The van der Waals surface area contributed by atoms with Gasteiger partial charge in [0, 0.05) is 10.0 Å². The molecule has 13 heteroatoms. The van der Waals surface area contributed by atoms with Crippen LogP contribution in [0.3, 0.4) is 0 Å². The number of guanidine groups is 1. The summed E-state index contributed by atoms with van der Waals surface area (Å²) >= 11 is 12.0. The third-order valence-corrected chi connectivity index (χ3v) is 4.95. The van der Waals surface area contributed by atoms with Crippen LogP contribution in [0.1, 0.15) is 26.3 Å². The molecule has 0 aliphatic heterocycles. The highest BCUT2D eigenvalue weighted by Crippen LogP contribution is 2.24. The molecule has 176 valence electrons. The third kappa shape index (κ3) is 8.33. The lowest BCUT2D eigenvalue weighted by molar-refractivity contribution is -0.145. The highest BCUT2D eigenvalue weighted by atomic mass is 35.5. The van der Waals surface area contributed by atoms with Crippen molar-refractivity contribution in [3.63, 3.8) is 0 Å². The number of carbonyl (C=O) groups is 4. The molecule has 32 heavy (non-hydrogen) atoms. The Balaban J connectivity index is 2.63. The molecule has 0 aliphatic carbocycles. The average Bonchev–Trinajstić information content (AvgIpc) is 2.67. The van der Waals surface area contributed by atoms with Gasteiger partial charge in [0.2, 0.25) is 17.8 Å². The maximum atomic E-state index is 12.1. The first-order valence-electron chi connectivity index (χ1n) is 9.41. The van der Waals surface area contributed by atoms with E-state index >= 15 is 0 Å². The first-order chi connectivity index (χ1) is 14.8. The maximum absolute atomic E-state index is 12.1. The highest BCUT2D eigenvalue weighted by Gasteiger charge is 2.32. The van der Waals surface area contributed by atoms with Crippen molar-refractivity contribution >= 4 is 53.0 Å². The Morgan fingerprint density at radius 1 is 1.12 bits per heavy atom. The van der Waals surface area contributed by atoms with E-state index in [1.165, 1.54) is 6.92 Å². The quantitative estimate of drug-likeness (QED) is 0.234. The molecule has 0 saturated heterocycles. The summed E-state index contributed by atoms with van der Waals surface area (Å²) in [5, 5.41) is 23.8. The van der Waals surface area contributed by atoms with Gasteiger partial charge in [0.1, 0.15) is 6.10 Å². The molecule has 11 nitrogen and oxygen atoms in total. The third-order valence-electron chi connectivity index (χ3n) is 4.24. The Morgan fingerprint density at radius 2 is 1.69 bits per heavy atom. The SMILES string of the molecule is CC(C)[C@H](N)C(=O)N[C@H](C(=O)O)[C@@H](C)OC(=O)NC(=N)NC(=O)Cc1c(Cl)cccc1Cl. The standard InChI is InChI=1S/C19H25Cl2N5O6/c1-8(2)14(22)16(28)25-15(17(29)30)9(3)32-19(31)26-18(23)24-13(27)7-10-11(20)5-4-6-12(10)21/h4-6,8-9,14-15H,7,22H2,1-3H3,(H,25,28)(H,29,30)(H3,23,24,26,27,31)/t9-,14+,15+/m1/s1. The van der Waals surface area contributed by atoms with E-state index < -0.39 is 48.0 Å². The van der Waals surface area contributed by atoms with Crippen LogP contribution in [0.4, 0.5) is 4.79 Å². The van der Waals surface area contributed by atoms with Crippen molar-refractivity contribution in [2.75, 3.05) is 0 Å². The second-order valence-electron chi connectivity index (χ2n) is 7.13. The van der Waals surface area contributed by atoms with Gasteiger partial charge in [-0.3, -0.25) is 25.6 Å². The van der Waals surface area contributed by atoms with Crippen molar-refractivity contribution in [2.24, 2.45) is 11.7 Å². The summed E-state index contributed by atoms with van der Waals surface area (Å²) in [7, 11) is 0.